The number of nitrogens with zero attached hydrogens (tertiary/aromatic N) is 2. The number of rotatable bonds is 1. The second-order valence-electron chi connectivity index (χ2n) is 3.67. The fourth-order valence-electron chi connectivity index (χ4n) is 1.64. The molecule has 2 unspecified atom stereocenters. The molecule has 0 radical (unpaired) electrons. The fourth-order valence-corrected chi connectivity index (χ4v) is 1.88. The van der Waals surface area contributed by atoms with Gasteiger partial charge in [0.05, 0.1) is 5.38 Å². The first-order valence-corrected chi connectivity index (χ1v) is 5.05. The number of nitrogens with one attached hydrogen (secondary N) is 1. The molecule has 1 N–H and O–H groups in total. The normalized spacial score (nSPS) is 26.9. The summed E-state index contributed by atoms with van der Waals surface area (Å²) in [6, 6.07) is 1.68. The van der Waals surface area contributed by atoms with E-state index in [0.717, 1.165) is 6.54 Å². The van der Waals surface area contributed by atoms with E-state index in [4.69, 9.17) is 11.6 Å². The van der Waals surface area contributed by atoms with E-state index in [1.54, 1.807) is 17.2 Å². The number of aromatic amines is 1. The number of alkyl halides is 1. The van der Waals surface area contributed by atoms with Crippen LogP contribution in [0.25, 0.3) is 0 Å². The Morgan fingerprint density at radius 1 is 1.71 bits per heavy atom. The molecule has 0 spiro atoms. The molecule has 2 heterocycles. The molecular weight excluding hydrogens is 202 g/mol. The van der Waals surface area contributed by atoms with Gasteiger partial charge in [0.25, 0.3) is 5.91 Å². The summed E-state index contributed by atoms with van der Waals surface area (Å²) in [6.45, 7) is 3.41. The van der Waals surface area contributed by atoms with E-state index in [0.29, 0.717) is 18.2 Å². The van der Waals surface area contributed by atoms with E-state index < -0.39 is 0 Å². The molecule has 0 aliphatic carbocycles. The lowest BCUT2D eigenvalue weighted by Crippen LogP contribution is -2.29. The maximum atomic E-state index is 11.8. The van der Waals surface area contributed by atoms with Gasteiger partial charge < -0.3 is 4.90 Å². The molecule has 0 aromatic carbocycles. The predicted octanol–water partition coefficient (Wildman–Crippen LogP) is 1.11. The Hall–Kier alpha value is -1.03. The summed E-state index contributed by atoms with van der Waals surface area (Å²) in [5, 5.41) is 6.48. The first kappa shape index (κ1) is 9.52. The average Bonchev–Trinajstić information content (AvgIpc) is 2.76. The molecule has 76 valence electrons. The van der Waals surface area contributed by atoms with Gasteiger partial charge in [0.1, 0.15) is 5.69 Å². The number of amides is 1. The zero-order valence-corrected chi connectivity index (χ0v) is 8.66. The van der Waals surface area contributed by atoms with Crippen molar-refractivity contribution in [3.05, 3.63) is 18.0 Å². The van der Waals surface area contributed by atoms with Crippen LogP contribution in [0.5, 0.6) is 0 Å². The van der Waals surface area contributed by atoms with Crippen LogP contribution in [0.15, 0.2) is 12.3 Å². The minimum absolute atomic E-state index is 0.0162. The van der Waals surface area contributed by atoms with Gasteiger partial charge in [-0.25, -0.2) is 0 Å². The highest BCUT2D eigenvalue weighted by Crippen LogP contribution is 2.22. The molecule has 1 aliphatic rings. The molecule has 14 heavy (non-hydrogen) atoms. The minimum Gasteiger partial charge on any atom is -0.336 e. The monoisotopic (exact) mass is 213 g/mol. The third-order valence-electron chi connectivity index (χ3n) is 2.54. The highest BCUT2D eigenvalue weighted by atomic mass is 35.5. The molecule has 1 fully saturated rings. The summed E-state index contributed by atoms with van der Waals surface area (Å²) in [6.07, 6.45) is 1.57. The highest BCUT2D eigenvalue weighted by molar-refractivity contribution is 6.21. The number of carbonyl (C=O) groups excluding carboxylic acids is 1. The molecule has 4 nitrogen and oxygen atoms in total. The standard InChI is InChI=1S/C9H12ClN3O/c1-6-4-13(5-7(6)10)9(14)8-2-3-11-12-8/h2-3,6-7H,4-5H2,1H3,(H,11,12). The van der Waals surface area contributed by atoms with E-state index in [2.05, 4.69) is 17.1 Å². The van der Waals surface area contributed by atoms with Crippen molar-refractivity contribution in [1.82, 2.24) is 15.1 Å². The first-order valence-electron chi connectivity index (χ1n) is 4.61. The molecule has 2 rings (SSSR count). The molecule has 0 bridgehead atoms. The van der Waals surface area contributed by atoms with Gasteiger partial charge >= 0.3 is 0 Å². The van der Waals surface area contributed by atoms with Crippen LogP contribution in [0.1, 0.15) is 17.4 Å². The second-order valence-corrected chi connectivity index (χ2v) is 4.23. The van der Waals surface area contributed by atoms with Crippen molar-refractivity contribution in [1.29, 1.82) is 0 Å². The predicted molar refractivity (Wildman–Crippen MR) is 53.3 cm³/mol. The molecule has 2 atom stereocenters. The van der Waals surface area contributed by atoms with Crippen molar-refractivity contribution in [2.75, 3.05) is 13.1 Å². The van der Waals surface area contributed by atoms with Crippen molar-refractivity contribution in [3.63, 3.8) is 0 Å². The average molecular weight is 214 g/mol. The highest BCUT2D eigenvalue weighted by Gasteiger charge is 2.31. The zero-order chi connectivity index (χ0) is 10.1. The number of H-pyrrole nitrogens is 1. The van der Waals surface area contributed by atoms with Crippen molar-refractivity contribution < 1.29 is 4.79 Å². The van der Waals surface area contributed by atoms with Crippen LogP contribution in [0, 0.1) is 5.92 Å². The van der Waals surface area contributed by atoms with Crippen LogP contribution < -0.4 is 0 Å². The Bertz CT molecular complexity index is 315. The summed E-state index contributed by atoms with van der Waals surface area (Å²) >= 11 is 6.04. The smallest absolute Gasteiger partial charge is 0.271 e. The van der Waals surface area contributed by atoms with Gasteiger partial charge in [-0.3, -0.25) is 9.89 Å². The quantitative estimate of drug-likeness (QED) is 0.711. The van der Waals surface area contributed by atoms with Crippen LogP contribution in [0.4, 0.5) is 0 Å². The zero-order valence-electron chi connectivity index (χ0n) is 7.90. The van der Waals surface area contributed by atoms with Gasteiger partial charge in [-0.1, -0.05) is 6.92 Å². The van der Waals surface area contributed by atoms with Crippen LogP contribution in [-0.2, 0) is 0 Å². The van der Waals surface area contributed by atoms with Crippen molar-refractivity contribution in [2.45, 2.75) is 12.3 Å². The molecule has 1 amide bonds. The molecular formula is C9H12ClN3O. The summed E-state index contributed by atoms with van der Waals surface area (Å²) < 4.78 is 0. The Morgan fingerprint density at radius 2 is 2.50 bits per heavy atom. The number of hydrogen-bond acceptors (Lipinski definition) is 2. The lowest BCUT2D eigenvalue weighted by Gasteiger charge is -2.13. The number of likely N-dealkylation sites (tertiary alicyclic amines) is 1. The van der Waals surface area contributed by atoms with Crippen molar-refractivity contribution in [2.24, 2.45) is 5.92 Å². The first-order chi connectivity index (χ1) is 6.68. The molecule has 1 saturated heterocycles. The van der Waals surface area contributed by atoms with Gasteiger partial charge in [0, 0.05) is 19.3 Å². The summed E-state index contributed by atoms with van der Waals surface area (Å²) in [5.74, 6) is 0.348. The third-order valence-corrected chi connectivity index (χ3v) is 3.11. The SMILES string of the molecule is CC1CN(C(=O)c2ccn[nH]2)CC1Cl. The van der Waals surface area contributed by atoms with Crippen molar-refractivity contribution in [3.8, 4) is 0 Å². The molecule has 1 aromatic rings. The second kappa shape index (κ2) is 3.61. The lowest BCUT2D eigenvalue weighted by atomic mass is 10.2. The van der Waals surface area contributed by atoms with E-state index in [9.17, 15) is 4.79 Å². The van der Waals surface area contributed by atoms with E-state index >= 15 is 0 Å². The van der Waals surface area contributed by atoms with Gasteiger partial charge in [0.2, 0.25) is 0 Å². The van der Waals surface area contributed by atoms with Gasteiger partial charge in [-0.05, 0) is 12.0 Å². The number of carbonyl (C=O) groups is 1. The molecule has 1 aliphatic heterocycles. The molecule has 1 aromatic heterocycles. The van der Waals surface area contributed by atoms with Crippen LogP contribution in [-0.4, -0.2) is 39.5 Å². The van der Waals surface area contributed by atoms with Crippen molar-refractivity contribution >= 4 is 17.5 Å². The largest absolute Gasteiger partial charge is 0.336 e. The molecule has 0 saturated carbocycles. The maximum absolute atomic E-state index is 11.8. The summed E-state index contributed by atoms with van der Waals surface area (Å²) in [5.41, 5.74) is 0.531. The fraction of sp³-hybridized carbons (Fsp3) is 0.556. The van der Waals surface area contributed by atoms with Crippen LogP contribution in [0.2, 0.25) is 0 Å². The molecule has 5 heteroatoms. The summed E-state index contributed by atoms with van der Waals surface area (Å²) in [7, 11) is 0. The Balaban J connectivity index is 2.07. The van der Waals surface area contributed by atoms with Gasteiger partial charge in [-0.2, -0.15) is 5.10 Å². The van der Waals surface area contributed by atoms with Gasteiger partial charge in [0.15, 0.2) is 0 Å². The van der Waals surface area contributed by atoms with Crippen LogP contribution in [0.3, 0.4) is 0 Å². The topological polar surface area (TPSA) is 49.0 Å². The maximum Gasteiger partial charge on any atom is 0.271 e. The Labute approximate surface area is 87.2 Å². The van der Waals surface area contributed by atoms with Crippen LogP contribution >= 0.6 is 11.6 Å². The Kier molecular flexibility index (Phi) is 2.46. The van der Waals surface area contributed by atoms with E-state index in [-0.39, 0.29) is 11.3 Å². The third kappa shape index (κ3) is 1.62. The Morgan fingerprint density at radius 3 is 3.00 bits per heavy atom. The number of hydrogen-bond donors (Lipinski definition) is 1. The minimum atomic E-state index is -0.0162. The summed E-state index contributed by atoms with van der Waals surface area (Å²) in [4.78, 5) is 13.6. The van der Waals surface area contributed by atoms with Gasteiger partial charge in [-0.15, -0.1) is 11.6 Å². The van der Waals surface area contributed by atoms with E-state index in [1.807, 2.05) is 0 Å². The van der Waals surface area contributed by atoms with E-state index in [1.165, 1.54) is 0 Å². The lowest BCUT2D eigenvalue weighted by molar-refractivity contribution is 0.0782. The number of halogens is 1. The number of aromatic nitrogens is 2.